The van der Waals surface area contributed by atoms with Crippen LogP contribution in [0, 0.1) is 30.3 Å². The van der Waals surface area contributed by atoms with E-state index in [1.807, 2.05) is 45.2 Å². The van der Waals surface area contributed by atoms with Gasteiger partial charge < -0.3 is 14.2 Å². The van der Waals surface area contributed by atoms with Crippen molar-refractivity contribution in [3.05, 3.63) is 24.8 Å². The van der Waals surface area contributed by atoms with E-state index in [4.69, 9.17) is 14.0 Å². The first-order chi connectivity index (χ1) is 16.9. The van der Waals surface area contributed by atoms with Crippen molar-refractivity contribution < 1.29 is 58.7 Å². The van der Waals surface area contributed by atoms with E-state index in [1.54, 1.807) is 12.1 Å². The first kappa shape index (κ1) is 27.5. The Bertz CT molecular complexity index is 1280. The Morgan fingerprint density at radius 2 is 1.68 bits per heavy atom. The predicted molar refractivity (Wildman–Crippen MR) is 129 cm³/mol. The molecule has 16 heteroatoms. The normalized spacial score (nSPS) is 33.5. The second kappa shape index (κ2) is 8.49. The molecule has 4 aliphatic carbocycles. The number of fused-ring (bicyclic) bond motifs is 1. The third kappa shape index (κ3) is 4.22. The number of hydrogen-bond donors (Lipinski definition) is 1. The van der Waals surface area contributed by atoms with Crippen molar-refractivity contribution in [3.8, 4) is 5.75 Å². The number of hydrogen-bond acceptors (Lipinski definition) is 7. The summed E-state index contributed by atoms with van der Waals surface area (Å²) >= 11 is 4.03. The van der Waals surface area contributed by atoms with E-state index in [0.29, 0.717) is 22.2 Å². The summed E-state index contributed by atoms with van der Waals surface area (Å²) in [5.74, 6) is -4.98. The lowest BCUT2D eigenvalue weighted by atomic mass is 9.47. The maximum absolute atomic E-state index is 14.0. The zero-order chi connectivity index (χ0) is 27.3. The van der Waals surface area contributed by atoms with Crippen LogP contribution in [0.5, 0.6) is 5.75 Å². The molecule has 8 nitrogen and oxygen atoms in total. The zero-order valence-corrected chi connectivity index (χ0v) is 23.5. The van der Waals surface area contributed by atoms with Gasteiger partial charge in [0.15, 0.2) is 5.75 Å². The fourth-order valence-corrected chi connectivity index (χ4v) is 8.81. The fourth-order valence-electron chi connectivity index (χ4n) is 6.40. The molecule has 4 fully saturated rings. The molecule has 3 atom stereocenters. The van der Waals surface area contributed by atoms with Crippen LogP contribution in [0.15, 0.2) is 12.1 Å². The van der Waals surface area contributed by atoms with Crippen molar-refractivity contribution in [2.24, 2.45) is 23.2 Å². The Balaban J connectivity index is 1.47. The predicted octanol–water partition coefficient (Wildman–Crippen LogP) is 4.92. The number of esters is 2. The first-order valence-corrected chi connectivity index (χ1v) is 14.5. The van der Waals surface area contributed by atoms with Crippen molar-refractivity contribution in [2.75, 3.05) is 0 Å². The van der Waals surface area contributed by atoms with Crippen molar-refractivity contribution in [2.45, 2.75) is 55.4 Å². The monoisotopic (exact) mass is 778 g/mol. The summed E-state index contributed by atoms with van der Waals surface area (Å²) in [7, 11) is -6.56. The molecule has 1 aromatic carbocycles. The molecule has 1 aliphatic heterocycles. The highest BCUT2D eigenvalue weighted by Gasteiger charge is 2.72. The van der Waals surface area contributed by atoms with Gasteiger partial charge in [0.2, 0.25) is 0 Å². The molecule has 4 saturated carbocycles. The summed E-state index contributed by atoms with van der Waals surface area (Å²) in [6.07, 6.45) is -9.87. The van der Waals surface area contributed by atoms with E-state index < -0.39 is 62.6 Å². The molecular weight excluding hydrogens is 761 g/mol. The molecule has 37 heavy (non-hydrogen) atoms. The van der Waals surface area contributed by atoms with Gasteiger partial charge >= 0.3 is 33.5 Å². The van der Waals surface area contributed by atoms with Crippen LogP contribution >= 0.6 is 45.2 Å². The minimum absolute atomic E-state index is 0.0389. The Hall–Kier alpha value is -1.02. The van der Waals surface area contributed by atoms with Crippen LogP contribution < -0.4 is 4.74 Å². The number of rotatable bonds is 4. The number of carbonyl (C=O) groups excluding carboxylic acids is 2. The molecule has 0 aromatic heterocycles. The summed E-state index contributed by atoms with van der Waals surface area (Å²) in [6, 6.07) is 3.38. The van der Waals surface area contributed by atoms with E-state index in [9.17, 15) is 40.0 Å². The van der Waals surface area contributed by atoms with E-state index >= 15 is 0 Å². The minimum atomic E-state index is -6.56. The van der Waals surface area contributed by atoms with Crippen molar-refractivity contribution in [3.63, 3.8) is 0 Å². The van der Waals surface area contributed by atoms with Gasteiger partial charge in [-0.2, -0.15) is 30.4 Å². The Kier molecular flexibility index (Phi) is 6.32. The lowest BCUT2D eigenvalue weighted by Gasteiger charge is -2.62. The Morgan fingerprint density at radius 3 is 2.22 bits per heavy atom. The molecule has 204 valence electrons. The van der Waals surface area contributed by atoms with Crippen LogP contribution in [-0.4, -0.2) is 48.2 Å². The van der Waals surface area contributed by atoms with E-state index in [2.05, 4.69) is 4.74 Å². The molecule has 6 rings (SSSR count). The third-order valence-corrected chi connectivity index (χ3v) is 10.00. The Morgan fingerprint density at radius 1 is 1.08 bits per heavy atom. The number of alkyl halides is 5. The molecule has 1 N–H and O–H groups in total. The topological polar surface area (TPSA) is 116 Å². The average Bonchev–Trinajstić information content (AvgIpc) is 2.74. The third-order valence-electron chi connectivity index (χ3n) is 7.67. The quantitative estimate of drug-likeness (QED) is 0.198. The van der Waals surface area contributed by atoms with Gasteiger partial charge in [0, 0.05) is 15.4 Å². The van der Waals surface area contributed by atoms with Gasteiger partial charge in [0.25, 0.3) is 11.9 Å². The molecule has 1 spiro atoms. The van der Waals surface area contributed by atoms with Crippen LogP contribution in [0.4, 0.5) is 22.0 Å². The van der Waals surface area contributed by atoms with Gasteiger partial charge in [-0.05, 0) is 95.3 Å². The number of benzene rings is 1. The summed E-state index contributed by atoms with van der Waals surface area (Å²) < 4.78 is 117. The molecule has 0 amide bonds. The molecule has 0 radical (unpaired) electrons. The average molecular weight is 778 g/mol. The van der Waals surface area contributed by atoms with Crippen LogP contribution in [0.1, 0.15) is 42.5 Å². The SMILES string of the molecule is O=C1OC2(Oc3c(I)cc(I)cc31)C1CC3CC2CC(C(=O)OC(C(F)(F)F)C(F)(F)S(=O)(=O)O)(C3)C1. The zero-order valence-electron chi connectivity index (χ0n) is 18.4. The lowest BCUT2D eigenvalue weighted by molar-refractivity contribution is -0.301. The summed E-state index contributed by atoms with van der Waals surface area (Å²) in [5, 5.41) is -5.82. The second-order valence-electron chi connectivity index (χ2n) is 9.97. The smallest absolute Gasteiger partial charge is 0.432 e. The fraction of sp³-hybridized carbons (Fsp3) is 0.619. The van der Waals surface area contributed by atoms with Gasteiger partial charge in [-0.25, -0.2) is 4.79 Å². The van der Waals surface area contributed by atoms with Crippen LogP contribution in [0.3, 0.4) is 0 Å². The number of ether oxygens (including phenoxy) is 3. The minimum Gasteiger partial charge on any atom is -0.450 e. The van der Waals surface area contributed by atoms with Gasteiger partial charge in [-0.15, -0.1) is 0 Å². The summed E-state index contributed by atoms with van der Waals surface area (Å²) in [6.45, 7) is 0. The summed E-state index contributed by atoms with van der Waals surface area (Å²) in [4.78, 5) is 26.0. The maximum Gasteiger partial charge on any atom is 0.432 e. The molecule has 3 unspecified atom stereocenters. The lowest BCUT2D eigenvalue weighted by Crippen LogP contribution is -2.68. The molecule has 1 heterocycles. The molecule has 5 aliphatic rings. The highest BCUT2D eigenvalue weighted by molar-refractivity contribution is 14.1. The largest absolute Gasteiger partial charge is 0.450 e. The highest BCUT2D eigenvalue weighted by Crippen LogP contribution is 2.66. The molecule has 0 saturated heterocycles. The molecular formula is C21H17F5I2O8S. The van der Waals surface area contributed by atoms with Crippen molar-refractivity contribution in [1.82, 2.24) is 0 Å². The standard InChI is InChI=1S/C21H17F5I2O8S/c22-20(23,24)16(21(25,26)37(31,32)33)34-17(30)18-5-8-1-9(6-18)19(10(2-8)7-18)35-14-12(15(29)36-19)3-11(27)4-13(14)28/h3-4,8-10,16H,1-2,5-7H2,(H,31,32,33). The second-order valence-corrected chi connectivity index (χ2v) is 13.9. The molecule has 4 bridgehead atoms. The summed E-state index contributed by atoms with van der Waals surface area (Å²) in [5.41, 5.74) is -1.43. The highest BCUT2D eigenvalue weighted by atomic mass is 127. The van der Waals surface area contributed by atoms with Crippen molar-refractivity contribution in [1.29, 1.82) is 0 Å². The van der Waals surface area contributed by atoms with Gasteiger partial charge in [-0.1, -0.05) is 0 Å². The van der Waals surface area contributed by atoms with Gasteiger partial charge in [0.05, 0.1) is 8.99 Å². The number of halogens is 7. The Labute approximate surface area is 234 Å². The van der Waals surface area contributed by atoms with Gasteiger partial charge in [0.1, 0.15) is 5.56 Å². The first-order valence-electron chi connectivity index (χ1n) is 10.9. The maximum atomic E-state index is 14.0. The van der Waals surface area contributed by atoms with Crippen molar-refractivity contribution >= 4 is 67.2 Å². The van der Waals surface area contributed by atoms with Crippen LogP contribution in [0.25, 0.3) is 0 Å². The van der Waals surface area contributed by atoms with Crippen LogP contribution in [0.2, 0.25) is 0 Å². The van der Waals surface area contributed by atoms with E-state index in [0.717, 1.165) is 3.57 Å². The van der Waals surface area contributed by atoms with Crippen LogP contribution in [-0.2, 0) is 24.4 Å². The molecule has 1 aromatic rings. The number of carbonyl (C=O) groups is 2. The van der Waals surface area contributed by atoms with E-state index in [1.165, 1.54) is 0 Å². The van der Waals surface area contributed by atoms with Gasteiger partial charge in [-0.3, -0.25) is 9.35 Å². The van der Waals surface area contributed by atoms with E-state index in [-0.39, 0.29) is 30.7 Å².